The van der Waals surface area contributed by atoms with Crippen LogP contribution >= 0.6 is 0 Å². The molecule has 1 heterocycles. The Morgan fingerprint density at radius 3 is 2.32 bits per heavy atom. The Hall–Kier alpha value is -3.86. The molecule has 11 heteroatoms. The normalized spacial score (nSPS) is 16.9. The van der Waals surface area contributed by atoms with E-state index in [1.807, 2.05) is 6.92 Å². The van der Waals surface area contributed by atoms with E-state index < -0.39 is 52.5 Å². The molecule has 37 heavy (non-hydrogen) atoms. The number of hydrogen-bond donors (Lipinski definition) is 2. The summed E-state index contributed by atoms with van der Waals surface area (Å²) in [4.78, 5) is 26.3. The molecule has 3 aromatic rings. The third-order valence-electron chi connectivity index (χ3n) is 5.96. The second-order valence-corrected chi connectivity index (χ2v) is 10.9. The second-order valence-electron chi connectivity index (χ2n) is 8.95. The van der Waals surface area contributed by atoms with Gasteiger partial charge in [-0.3, -0.25) is 4.79 Å². The van der Waals surface area contributed by atoms with Crippen LogP contribution in [0.15, 0.2) is 71.6 Å². The number of aryl methyl sites for hydroxylation is 1. The lowest BCUT2D eigenvalue weighted by Crippen LogP contribution is -2.45. The van der Waals surface area contributed by atoms with Gasteiger partial charge < -0.3 is 15.5 Å². The zero-order chi connectivity index (χ0) is 27.0. The first-order valence-electron chi connectivity index (χ1n) is 11.3. The van der Waals surface area contributed by atoms with Crippen molar-refractivity contribution in [2.75, 3.05) is 23.4 Å². The fourth-order valence-electron chi connectivity index (χ4n) is 4.13. The molecule has 1 atom stereocenters. The van der Waals surface area contributed by atoms with Crippen LogP contribution in [0.2, 0.25) is 0 Å². The van der Waals surface area contributed by atoms with E-state index in [2.05, 4.69) is 10.6 Å². The maximum absolute atomic E-state index is 14.9. The largest absolute Gasteiger partial charge is 0.322 e. The number of benzene rings is 3. The molecule has 194 valence electrons. The molecule has 1 aliphatic heterocycles. The van der Waals surface area contributed by atoms with E-state index in [4.69, 9.17) is 0 Å². The van der Waals surface area contributed by atoms with Gasteiger partial charge in [0.05, 0.1) is 17.1 Å². The number of carbonyl (C=O) groups excluding carboxylic acids is 2. The number of alkyl halides is 2. The van der Waals surface area contributed by atoms with Crippen LogP contribution in [0.5, 0.6) is 0 Å². The van der Waals surface area contributed by atoms with Gasteiger partial charge in [-0.1, -0.05) is 42.0 Å². The van der Waals surface area contributed by atoms with Crippen LogP contribution in [0.4, 0.5) is 29.3 Å². The van der Waals surface area contributed by atoms with Crippen LogP contribution in [0, 0.1) is 12.7 Å². The zero-order valence-corrected chi connectivity index (χ0v) is 20.8. The number of amides is 3. The summed E-state index contributed by atoms with van der Waals surface area (Å²) in [5.74, 6) is -5.17. The molecule has 0 unspecified atom stereocenters. The van der Waals surface area contributed by atoms with Crippen molar-refractivity contribution in [2.24, 2.45) is 0 Å². The van der Waals surface area contributed by atoms with Gasteiger partial charge in [0.25, 0.3) is 5.92 Å². The predicted molar refractivity (Wildman–Crippen MR) is 134 cm³/mol. The van der Waals surface area contributed by atoms with Crippen molar-refractivity contribution in [1.29, 1.82) is 0 Å². The summed E-state index contributed by atoms with van der Waals surface area (Å²) in [6.07, 6.45) is 0.122. The number of urea groups is 1. The number of nitrogens with one attached hydrogen (secondary N) is 2. The number of carbonyl (C=O) groups is 2. The van der Waals surface area contributed by atoms with Crippen molar-refractivity contribution < 1.29 is 31.2 Å². The molecule has 4 rings (SSSR count). The van der Waals surface area contributed by atoms with E-state index in [9.17, 15) is 31.2 Å². The first kappa shape index (κ1) is 26.2. The summed E-state index contributed by atoms with van der Waals surface area (Å²) in [6.45, 7) is 0.885. The van der Waals surface area contributed by atoms with Crippen molar-refractivity contribution in [1.82, 2.24) is 4.90 Å². The van der Waals surface area contributed by atoms with Crippen molar-refractivity contribution in [3.8, 4) is 11.1 Å². The van der Waals surface area contributed by atoms with E-state index >= 15 is 0 Å². The summed E-state index contributed by atoms with van der Waals surface area (Å²) in [7, 11) is -3.59. The third kappa shape index (κ3) is 5.93. The number of likely N-dealkylation sites (tertiary alicyclic amines) is 1. The summed E-state index contributed by atoms with van der Waals surface area (Å²) < 4.78 is 67.6. The van der Waals surface area contributed by atoms with Gasteiger partial charge >= 0.3 is 6.03 Å². The molecular weight excluding hydrogens is 507 g/mol. The molecule has 0 radical (unpaired) electrons. The first-order valence-corrected chi connectivity index (χ1v) is 13.2. The number of halogens is 3. The quantitative estimate of drug-likeness (QED) is 0.480. The minimum atomic E-state index is -3.59. The lowest BCUT2D eigenvalue weighted by atomic mass is 10.0. The Kier molecular flexibility index (Phi) is 7.00. The van der Waals surface area contributed by atoms with Crippen LogP contribution in [0.3, 0.4) is 0 Å². The average molecular weight is 532 g/mol. The smallest absolute Gasteiger partial charge is 0.322 e. The molecule has 0 saturated carbocycles. The minimum absolute atomic E-state index is 0.00889. The average Bonchev–Trinajstić information content (AvgIpc) is 3.17. The van der Waals surface area contributed by atoms with Crippen molar-refractivity contribution >= 4 is 33.2 Å². The summed E-state index contributed by atoms with van der Waals surface area (Å²) in [6, 6.07) is 14.0. The highest BCUT2D eigenvalue weighted by Gasteiger charge is 2.50. The first-order chi connectivity index (χ1) is 17.3. The summed E-state index contributed by atoms with van der Waals surface area (Å²) >= 11 is 0. The Balaban J connectivity index is 1.54. The van der Waals surface area contributed by atoms with E-state index in [1.54, 1.807) is 36.4 Å². The molecule has 2 N–H and O–H groups in total. The zero-order valence-electron chi connectivity index (χ0n) is 20.0. The molecular formula is C26H24F3N3O4S. The van der Waals surface area contributed by atoms with Crippen LogP contribution in [-0.2, 0) is 14.6 Å². The van der Waals surface area contributed by atoms with E-state index in [0.29, 0.717) is 5.69 Å². The molecule has 0 aromatic heterocycles. The topological polar surface area (TPSA) is 95.6 Å². The molecule has 0 aliphatic carbocycles. The SMILES string of the molecule is Cc1ccc(NC(=O)N2CC(F)(F)C[C@@H]2C(=O)Nc2ccc(-c3ccccc3S(C)(=O)=O)cc2F)cc1. The third-order valence-corrected chi connectivity index (χ3v) is 7.12. The van der Waals surface area contributed by atoms with Crippen LogP contribution in [-0.4, -0.2) is 50.0 Å². The second kappa shape index (κ2) is 9.89. The molecule has 1 fully saturated rings. The van der Waals surface area contributed by atoms with E-state index in [-0.39, 0.29) is 21.7 Å². The van der Waals surface area contributed by atoms with Gasteiger partial charge in [-0.2, -0.15) is 0 Å². The standard InChI is InChI=1S/C26H24F3N3O4S/c1-16-7-10-18(11-8-16)30-25(34)32-15-26(28,29)14-22(32)24(33)31-21-12-9-17(13-20(21)27)19-5-3-4-6-23(19)37(2,35)36/h3-13,22H,14-15H2,1-2H3,(H,30,34)(H,31,33)/t22-/m1/s1. The number of nitrogens with zero attached hydrogens (tertiary/aromatic N) is 1. The Morgan fingerprint density at radius 1 is 1.00 bits per heavy atom. The maximum atomic E-state index is 14.9. The Labute approximate surface area is 212 Å². The summed E-state index contributed by atoms with van der Waals surface area (Å²) in [5, 5.41) is 4.78. The Bertz CT molecular complexity index is 1460. The number of anilines is 2. The predicted octanol–water partition coefficient (Wildman–Crippen LogP) is 5.08. The van der Waals surface area contributed by atoms with Crippen molar-refractivity contribution in [2.45, 2.75) is 30.2 Å². The lowest BCUT2D eigenvalue weighted by Gasteiger charge is -2.23. The Morgan fingerprint density at radius 2 is 1.68 bits per heavy atom. The van der Waals surface area contributed by atoms with Gasteiger partial charge in [0.1, 0.15) is 11.9 Å². The fraction of sp³-hybridized carbons (Fsp3) is 0.231. The minimum Gasteiger partial charge on any atom is -0.322 e. The van der Waals surface area contributed by atoms with Gasteiger partial charge in [-0.25, -0.2) is 26.4 Å². The van der Waals surface area contributed by atoms with Gasteiger partial charge in [-0.15, -0.1) is 0 Å². The number of sulfone groups is 1. The molecule has 1 aliphatic rings. The molecule has 3 aromatic carbocycles. The van der Waals surface area contributed by atoms with Crippen LogP contribution in [0.25, 0.3) is 11.1 Å². The summed E-state index contributed by atoms with van der Waals surface area (Å²) in [5.41, 5.74) is 1.55. The highest BCUT2D eigenvalue weighted by Crippen LogP contribution is 2.34. The van der Waals surface area contributed by atoms with Gasteiger partial charge in [-0.05, 0) is 42.8 Å². The molecule has 1 saturated heterocycles. The highest BCUT2D eigenvalue weighted by atomic mass is 32.2. The molecule has 7 nitrogen and oxygen atoms in total. The maximum Gasteiger partial charge on any atom is 0.322 e. The molecule has 0 bridgehead atoms. The molecule has 0 spiro atoms. The van der Waals surface area contributed by atoms with Crippen molar-refractivity contribution in [3.05, 3.63) is 78.1 Å². The van der Waals surface area contributed by atoms with Crippen molar-refractivity contribution in [3.63, 3.8) is 0 Å². The van der Waals surface area contributed by atoms with Crippen LogP contribution in [0.1, 0.15) is 12.0 Å². The number of hydrogen-bond acceptors (Lipinski definition) is 4. The molecule has 3 amide bonds. The van der Waals surface area contributed by atoms with Gasteiger partial charge in [0.2, 0.25) is 5.91 Å². The van der Waals surface area contributed by atoms with E-state index in [0.717, 1.165) is 22.8 Å². The fourth-order valence-corrected chi connectivity index (χ4v) is 5.04. The highest BCUT2D eigenvalue weighted by molar-refractivity contribution is 7.90. The van der Waals surface area contributed by atoms with Gasteiger partial charge in [0, 0.05) is 23.9 Å². The number of rotatable bonds is 5. The van der Waals surface area contributed by atoms with Gasteiger partial charge in [0.15, 0.2) is 9.84 Å². The monoisotopic (exact) mass is 531 g/mol. The lowest BCUT2D eigenvalue weighted by molar-refractivity contribution is -0.119. The van der Waals surface area contributed by atoms with Crippen LogP contribution < -0.4 is 10.6 Å². The van der Waals surface area contributed by atoms with E-state index in [1.165, 1.54) is 24.3 Å².